The van der Waals surface area contributed by atoms with Gasteiger partial charge in [-0.05, 0) is 89.1 Å². The van der Waals surface area contributed by atoms with Crippen molar-refractivity contribution >= 4 is 56.0 Å². The summed E-state index contributed by atoms with van der Waals surface area (Å²) in [6, 6.07) is 51.9. The highest BCUT2D eigenvalue weighted by Gasteiger charge is 2.27. The lowest BCUT2D eigenvalue weighted by atomic mass is 9.91. The first-order chi connectivity index (χ1) is 27.3. The molecule has 55 heavy (non-hydrogen) atoms. The highest BCUT2D eigenvalue weighted by Crippen LogP contribution is 2.44. The summed E-state index contributed by atoms with van der Waals surface area (Å²) in [5.41, 5.74) is 16.1. The van der Waals surface area contributed by atoms with Crippen molar-refractivity contribution in [1.82, 2.24) is 9.88 Å². The molecule has 0 saturated carbocycles. The van der Waals surface area contributed by atoms with Crippen LogP contribution in [-0.4, -0.2) is 10.4 Å². The lowest BCUT2D eigenvalue weighted by Crippen LogP contribution is -2.31. The van der Waals surface area contributed by atoms with Gasteiger partial charge in [-0.3, -0.25) is 0 Å². The molecule has 1 atom stereocenters. The van der Waals surface area contributed by atoms with Crippen molar-refractivity contribution in [3.63, 3.8) is 0 Å². The van der Waals surface area contributed by atoms with E-state index in [4.69, 9.17) is 9.41 Å². The predicted molar refractivity (Wildman–Crippen MR) is 228 cm³/mol. The molecule has 4 nitrogen and oxygen atoms in total. The van der Waals surface area contributed by atoms with E-state index in [1.807, 2.05) is 0 Å². The van der Waals surface area contributed by atoms with Crippen LogP contribution < -0.4 is 5.32 Å². The maximum absolute atomic E-state index is 6.96. The van der Waals surface area contributed by atoms with Crippen LogP contribution in [0.3, 0.4) is 0 Å². The number of amidine groups is 1. The number of allylic oxidation sites excluding steroid dienone is 3. The Balaban J connectivity index is 1.10. The molecule has 11 rings (SSSR count). The molecule has 1 aliphatic heterocycles. The van der Waals surface area contributed by atoms with Crippen LogP contribution in [0.2, 0.25) is 0 Å². The number of furan rings is 1. The maximum Gasteiger partial charge on any atom is 0.159 e. The molecule has 262 valence electrons. The monoisotopic (exact) mass is 707 g/mol. The van der Waals surface area contributed by atoms with Crippen molar-refractivity contribution in [3.8, 4) is 16.8 Å². The molecule has 0 amide bonds. The zero-order valence-electron chi connectivity index (χ0n) is 30.2. The zero-order chi connectivity index (χ0) is 36.3. The molecule has 0 spiro atoms. The normalized spacial score (nSPS) is 16.5. The van der Waals surface area contributed by atoms with E-state index in [1.165, 1.54) is 50.0 Å². The lowest BCUT2D eigenvalue weighted by Gasteiger charge is -2.25. The summed E-state index contributed by atoms with van der Waals surface area (Å²) in [6.07, 6.45) is 14.1. The average Bonchev–Trinajstić information content (AvgIpc) is 4.01. The van der Waals surface area contributed by atoms with E-state index in [2.05, 4.69) is 186 Å². The summed E-state index contributed by atoms with van der Waals surface area (Å²) in [5.74, 6) is 0.897. The van der Waals surface area contributed by atoms with Gasteiger partial charge in [-0.25, -0.2) is 4.99 Å². The summed E-state index contributed by atoms with van der Waals surface area (Å²) in [4.78, 5) is 5.12. The Morgan fingerprint density at radius 1 is 0.673 bits per heavy atom. The van der Waals surface area contributed by atoms with Gasteiger partial charge in [-0.15, -0.1) is 0 Å². The molecular weight excluding hydrogens is 671 g/mol. The summed E-state index contributed by atoms with van der Waals surface area (Å²) >= 11 is 0. The van der Waals surface area contributed by atoms with Crippen LogP contribution >= 0.6 is 0 Å². The van der Waals surface area contributed by atoms with Gasteiger partial charge >= 0.3 is 0 Å². The number of nitrogens with zero attached hydrogens (tertiary/aromatic N) is 2. The first-order valence-corrected chi connectivity index (χ1v) is 19.2. The fourth-order valence-electron chi connectivity index (χ4n) is 8.79. The fraction of sp³-hybridized carbons (Fsp3) is 0.0784. The number of para-hydroxylation sites is 1. The lowest BCUT2D eigenvalue weighted by molar-refractivity contribution is 0.664. The molecule has 1 N–H and O–H groups in total. The molecular formula is C51H37N3O. The van der Waals surface area contributed by atoms with E-state index in [1.54, 1.807) is 0 Å². The van der Waals surface area contributed by atoms with Crippen molar-refractivity contribution in [2.75, 3.05) is 0 Å². The number of aliphatic imine (C=N–C) groups is 1. The number of benzene rings is 6. The molecule has 0 fully saturated rings. The Kier molecular flexibility index (Phi) is 7.41. The topological polar surface area (TPSA) is 42.5 Å². The number of hydrogen-bond donors (Lipinski definition) is 1. The molecule has 0 saturated heterocycles. The van der Waals surface area contributed by atoms with Crippen LogP contribution in [-0.2, 0) is 6.42 Å². The zero-order valence-corrected chi connectivity index (χ0v) is 30.2. The van der Waals surface area contributed by atoms with Gasteiger partial charge in [0.15, 0.2) is 5.58 Å². The Morgan fingerprint density at radius 3 is 2.22 bits per heavy atom. The van der Waals surface area contributed by atoms with Crippen LogP contribution in [0.4, 0.5) is 0 Å². The Morgan fingerprint density at radius 2 is 1.44 bits per heavy atom. The Labute approximate surface area is 319 Å². The standard InChI is InChI=1S/C51H37N3O/c1-4-14-33(15-5-1)37-26-28-45-41(30-37)42-31-38(34-16-6-2-7-17-34)27-29-46(42)54(45)47-24-12-23-40-49-39(22-13-25-48(49)55-50(40)47)44-32-43(35-18-8-3-9-19-35)52-51(53-44)36-20-10-11-21-36/h1-10,12-26,28,30-32,44H,11,27,29H2,(H,52,53). The van der Waals surface area contributed by atoms with Crippen molar-refractivity contribution in [2.24, 2.45) is 4.99 Å². The second kappa shape index (κ2) is 12.9. The third kappa shape index (κ3) is 5.32. The first kappa shape index (κ1) is 31.6. The molecule has 6 aromatic carbocycles. The van der Waals surface area contributed by atoms with Crippen LogP contribution in [0.5, 0.6) is 0 Å². The molecule has 8 aromatic rings. The van der Waals surface area contributed by atoms with Crippen molar-refractivity contribution in [3.05, 3.63) is 203 Å². The van der Waals surface area contributed by atoms with Crippen LogP contribution in [0.25, 0.3) is 67.0 Å². The number of nitrogens with one attached hydrogen (secondary N) is 1. The van der Waals surface area contributed by atoms with Gasteiger partial charge in [0.1, 0.15) is 11.4 Å². The third-order valence-corrected chi connectivity index (χ3v) is 11.4. The van der Waals surface area contributed by atoms with E-state index in [-0.39, 0.29) is 6.04 Å². The van der Waals surface area contributed by atoms with E-state index in [0.717, 1.165) is 69.6 Å². The molecule has 0 radical (unpaired) electrons. The molecule has 4 heteroatoms. The highest BCUT2D eigenvalue weighted by atomic mass is 16.3. The van der Waals surface area contributed by atoms with Gasteiger partial charge < -0.3 is 14.3 Å². The minimum absolute atomic E-state index is 0.108. The van der Waals surface area contributed by atoms with Gasteiger partial charge in [0.05, 0.1) is 22.9 Å². The maximum atomic E-state index is 6.96. The average molecular weight is 708 g/mol. The van der Waals surface area contributed by atoms with Gasteiger partial charge in [0, 0.05) is 33.0 Å². The number of fused-ring (bicyclic) bond motifs is 6. The van der Waals surface area contributed by atoms with E-state index in [9.17, 15) is 0 Å². The largest absolute Gasteiger partial charge is 0.454 e. The Hall–Kier alpha value is -6.91. The van der Waals surface area contributed by atoms with Crippen LogP contribution in [0.1, 0.15) is 46.8 Å². The third-order valence-electron chi connectivity index (χ3n) is 11.4. The van der Waals surface area contributed by atoms with Crippen molar-refractivity contribution in [2.45, 2.75) is 25.3 Å². The van der Waals surface area contributed by atoms with Gasteiger partial charge in [-0.1, -0.05) is 140 Å². The quantitative estimate of drug-likeness (QED) is 0.187. The van der Waals surface area contributed by atoms with Crippen molar-refractivity contribution in [1.29, 1.82) is 0 Å². The van der Waals surface area contributed by atoms with E-state index < -0.39 is 0 Å². The second-order valence-electron chi connectivity index (χ2n) is 14.6. The SMILES string of the molecule is C1=CC(C2=NC(c3ccccc3)=CC(c3cccc4oc5c(-n6c7c(c8cc(-c9ccccc9)ccc86)C=C(c6ccccc6)CC7)cccc5c34)N2)=CC1. The summed E-state index contributed by atoms with van der Waals surface area (Å²) < 4.78 is 9.43. The molecule has 3 aliphatic rings. The highest BCUT2D eigenvalue weighted by molar-refractivity contribution is 6.11. The van der Waals surface area contributed by atoms with Crippen molar-refractivity contribution < 1.29 is 4.42 Å². The summed E-state index contributed by atoms with van der Waals surface area (Å²) in [5, 5.41) is 7.29. The molecule has 2 aromatic heterocycles. The molecule has 0 bridgehead atoms. The molecule has 2 aliphatic carbocycles. The minimum atomic E-state index is -0.108. The predicted octanol–water partition coefficient (Wildman–Crippen LogP) is 12.7. The number of aromatic nitrogens is 1. The molecule has 3 heterocycles. The van der Waals surface area contributed by atoms with Crippen LogP contribution in [0.15, 0.2) is 185 Å². The first-order valence-electron chi connectivity index (χ1n) is 19.2. The fourth-order valence-corrected chi connectivity index (χ4v) is 8.79. The van der Waals surface area contributed by atoms with Gasteiger partial charge in [0.2, 0.25) is 0 Å². The van der Waals surface area contributed by atoms with E-state index in [0.29, 0.717) is 0 Å². The van der Waals surface area contributed by atoms with E-state index >= 15 is 0 Å². The summed E-state index contributed by atoms with van der Waals surface area (Å²) in [6.45, 7) is 0. The summed E-state index contributed by atoms with van der Waals surface area (Å²) in [7, 11) is 0. The van der Waals surface area contributed by atoms with Crippen LogP contribution in [0, 0.1) is 0 Å². The number of rotatable bonds is 6. The molecule has 1 unspecified atom stereocenters. The second-order valence-corrected chi connectivity index (χ2v) is 14.6. The van der Waals surface area contributed by atoms with Gasteiger partial charge in [0.25, 0.3) is 0 Å². The smallest absolute Gasteiger partial charge is 0.159 e. The van der Waals surface area contributed by atoms with Gasteiger partial charge in [-0.2, -0.15) is 0 Å². The Bertz CT molecular complexity index is 2960. The minimum Gasteiger partial charge on any atom is -0.454 e. The number of hydrogen-bond acceptors (Lipinski definition) is 3.